The monoisotopic (exact) mass is 476 g/mol. The lowest BCUT2D eigenvalue weighted by Gasteiger charge is -2.32. The summed E-state index contributed by atoms with van der Waals surface area (Å²) in [7, 11) is 0. The summed E-state index contributed by atoms with van der Waals surface area (Å²) in [6.07, 6.45) is 8.08. The van der Waals surface area contributed by atoms with Gasteiger partial charge in [0.05, 0.1) is 12.1 Å². The van der Waals surface area contributed by atoms with Crippen molar-refractivity contribution in [2.75, 3.05) is 0 Å². The van der Waals surface area contributed by atoms with E-state index in [1.165, 1.54) is 25.0 Å². The molecule has 2 aromatic carbocycles. The van der Waals surface area contributed by atoms with Crippen molar-refractivity contribution >= 4 is 11.6 Å². The van der Waals surface area contributed by atoms with Crippen LogP contribution >= 0.6 is 11.6 Å². The Kier molecular flexibility index (Phi) is 6.92. The fourth-order valence-corrected chi connectivity index (χ4v) is 4.96. The van der Waals surface area contributed by atoms with Crippen LogP contribution in [0.2, 0.25) is 5.02 Å². The fourth-order valence-electron chi connectivity index (χ4n) is 4.77. The SMILES string of the molecule is Fc1ccc(C(c2nnnn2C2CCCC2)N(Cc2cccnc2)Cc2ccccc2Cl)cc1. The van der Waals surface area contributed by atoms with E-state index in [9.17, 15) is 4.39 Å². The second-order valence-corrected chi connectivity index (χ2v) is 9.14. The standard InChI is InChI=1S/C26H26ClFN6/c27-24-10-4-1-7-21(24)18-33(17-19-6-5-15-29-16-19)25(20-11-13-22(28)14-12-20)26-30-31-32-34(26)23-8-2-3-9-23/h1,4-7,10-16,23,25H,2-3,8-9,17-18H2. The summed E-state index contributed by atoms with van der Waals surface area (Å²) in [5.74, 6) is 0.484. The van der Waals surface area contributed by atoms with Gasteiger partial charge in [0.25, 0.3) is 0 Å². The van der Waals surface area contributed by atoms with Crippen LogP contribution in [0.1, 0.15) is 60.3 Å². The van der Waals surface area contributed by atoms with E-state index < -0.39 is 0 Å². The van der Waals surface area contributed by atoms with E-state index >= 15 is 0 Å². The molecule has 0 aliphatic heterocycles. The zero-order chi connectivity index (χ0) is 23.3. The summed E-state index contributed by atoms with van der Waals surface area (Å²) in [6.45, 7) is 1.16. The Morgan fingerprint density at radius 2 is 1.79 bits per heavy atom. The average molecular weight is 477 g/mol. The van der Waals surface area contributed by atoms with Crippen molar-refractivity contribution < 1.29 is 4.39 Å². The molecule has 1 unspecified atom stereocenters. The first kappa shape index (κ1) is 22.6. The van der Waals surface area contributed by atoms with Gasteiger partial charge < -0.3 is 0 Å². The fraction of sp³-hybridized carbons (Fsp3) is 0.308. The number of hydrogen-bond acceptors (Lipinski definition) is 5. The molecule has 0 amide bonds. The van der Waals surface area contributed by atoms with E-state index in [0.717, 1.165) is 35.4 Å². The maximum Gasteiger partial charge on any atom is 0.173 e. The van der Waals surface area contributed by atoms with E-state index in [1.54, 1.807) is 6.20 Å². The first-order valence-corrected chi connectivity index (χ1v) is 12.0. The van der Waals surface area contributed by atoms with Crippen LogP contribution in [-0.4, -0.2) is 30.1 Å². The largest absolute Gasteiger partial charge is 0.281 e. The van der Waals surface area contributed by atoms with Gasteiger partial charge in [-0.05, 0) is 64.2 Å². The summed E-state index contributed by atoms with van der Waals surface area (Å²) in [5.41, 5.74) is 2.98. The predicted molar refractivity (Wildman–Crippen MR) is 129 cm³/mol. The van der Waals surface area contributed by atoms with Gasteiger partial charge in [0, 0.05) is 30.5 Å². The van der Waals surface area contributed by atoms with Crippen molar-refractivity contribution in [2.24, 2.45) is 0 Å². The first-order valence-electron chi connectivity index (χ1n) is 11.6. The molecular weight excluding hydrogens is 451 g/mol. The van der Waals surface area contributed by atoms with Crippen LogP contribution in [0, 0.1) is 5.82 Å². The molecule has 1 aliphatic rings. The number of nitrogens with zero attached hydrogens (tertiary/aromatic N) is 6. The summed E-state index contributed by atoms with van der Waals surface area (Å²) < 4.78 is 15.9. The van der Waals surface area contributed by atoms with Crippen LogP contribution in [0.25, 0.3) is 0 Å². The molecule has 0 spiro atoms. The second kappa shape index (κ2) is 10.4. The van der Waals surface area contributed by atoms with Gasteiger partial charge in [-0.2, -0.15) is 0 Å². The molecule has 4 aromatic rings. The lowest BCUT2D eigenvalue weighted by atomic mass is 10.0. The molecule has 6 nitrogen and oxygen atoms in total. The Morgan fingerprint density at radius 3 is 2.53 bits per heavy atom. The summed E-state index contributed by atoms with van der Waals surface area (Å²) in [5, 5.41) is 13.7. The molecule has 2 aromatic heterocycles. The summed E-state index contributed by atoms with van der Waals surface area (Å²) in [4.78, 5) is 6.58. The zero-order valence-corrected chi connectivity index (χ0v) is 19.5. The molecule has 0 radical (unpaired) electrons. The Morgan fingerprint density at radius 1 is 1.00 bits per heavy atom. The quantitative estimate of drug-likeness (QED) is 0.323. The van der Waals surface area contributed by atoms with Crippen molar-refractivity contribution in [1.29, 1.82) is 0 Å². The molecule has 2 heterocycles. The Labute approximate surface area is 203 Å². The van der Waals surface area contributed by atoms with Crippen LogP contribution in [0.5, 0.6) is 0 Å². The van der Waals surface area contributed by atoms with Gasteiger partial charge in [-0.3, -0.25) is 9.88 Å². The van der Waals surface area contributed by atoms with Crippen LogP contribution < -0.4 is 0 Å². The van der Waals surface area contributed by atoms with Gasteiger partial charge in [-0.1, -0.05) is 60.8 Å². The highest BCUT2D eigenvalue weighted by Crippen LogP contribution is 2.36. The number of aromatic nitrogens is 5. The topological polar surface area (TPSA) is 59.7 Å². The van der Waals surface area contributed by atoms with Crippen LogP contribution in [0.3, 0.4) is 0 Å². The molecule has 5 rings (SSSR count). The van der Waals surface area contributed by atoms with Crippen molar-refractivity contribution in [3.63, 3.8) is 0 Å². The molecule has 0 bridgehead atoms. The number of halogens is 2. The molecule has 34 heavy (non-hydrogen) atoms. The molecular formula is C26H26ClFN6. The lowest BCUT2D eigenvalue weighted by Crippen LogP contribution is -2.32. The van der Waals surface area contributed by atoms with Crippen LogP contribution in [0.4, 0.5) is 4.39 Å². The first-order chi connectivity index (χ1) is 16.7. The number of pyridine rings is 1. The van der Waals surface area contributed by atoms with E-state index in [-0.39, 0.29) is 17.9 Å². The Balaban J connectivity index is 1.61. The van der Waals surface area contributed by atoms with E-state index in [2.05, 4.69) is 25.4 Å². The molecule has 0 N–H and O–H groups in total. The second-order valence-electron chi connectivity index (χ2n) is 8.73. The molecule has 1 atom stereocenters. The van der Waals surface area contributed by atoms with Gasteiger partial charge in [0.2, 0.25) is 0 Å². The zero-order valence-electron chi connectivity index (χ0n) is 18.8. The minimum absolute atomic E-state index is 0.272. The average Bonchev–Trinajstić information content (AvgIpc) is 3.55. The summed E-state index contributed by atoms with van der Waals surface area (Å²) in [6, 6.07) is 18.4. The molecule has 8 heteroatoms. The van der Waals surface area contributed by atoms with Crippen LogP contribution in [0.15, 0.2) is 73.1 Å². The smallest absolute Gasteiger partial charge is 0.173 e. The number of benzene rings is 2. The van der Waals surface area contributed by atoms with Crippen molar-refractivity contribution in [3.8, 4) is 0 Å². The molecule has 174 valence electrons. The predicted octanol–water partition coefficient (Wildman–Crippen LogP) is 5.77. The highest BCUT2D eigenvalue weighted by atomic mass is 35.5. The Hall–Kier alpha value is -3.16. The third-order valence-corrected chi connectivity index (χ3v) is 6.79. The number of rotatable bonds is 8. The highest BCUT2D eigenvalue weighted by Gasteiger charge is 2.32. The third kappa shape index (κ3) is 5.00. The van der Waals surface area contributed by atoms with Crippen LogP contribution in [-0.2, 0) is 13.1 Å². The number of hydrogen-bond donors (Lipinski definition) is 0. The molecule has 1 saturated carbocycles. The molecule has 0 saturated heterocycles. The van der Waals surface area contributed by atoms with Gasteiger partial charge >= 0.3 is 0 Å². The van der Waals surface area contributed by atoms with Gasteiger partial charge in [-0.15, -0.1) is 5.10 Å². The van der Waals surface area contributed by atoms with Gasteiger partial charge in [0.15, 0.2) is 5.82 Å². The number of tetrazole rings is 1. The maximum absolute atomic E-state index is 13.9. The van der Waals surface area contributed by atoms with E-state index in [4.69, 9.17) is 11.6 Å². The third-order valence-electron chi connectivity index (χ3n) is 6.42. The van der Waals surface area contributed by atoms with Crippen molar-refractivity contribution in [3.05, 3.63) is 106 Å². The molecule has 1 aliphatic carbocycles. The summed E-state index contributed by atoms with van der Waals surface area (Å²) >= 11 is 6.57. The highest BCUT2D eigenvalue weighted by molar-refractivity contribution is 6.31. The van der Waals surface area contributed by atoms with E-state index in [0.29, 0.717) is 18.1 Å². The van der Waals surface area contributed by atoms with Crippen molar-refractivity contribution in [2.45, 2.75) is 50.9 Å². The Bertz CT molecular complexity index is 1210. The van der Waals surface area contributed by atoms with Gasteiger partial charge in [0.1, 0.15) is 5.82 Å². The maximum atomic E-state index is 13.9. The molecule has 1 fully saturated rings. The lowest BCUT2D eigenvalue weighted by molar-refractivity contribution is 0.191. The van der Waals surface area contributed by atoms with Gasteiger partial charge in [-0.25, -0.2) is 9.07 Å². The minimum Gasteiger partial charge on any atom is -0.281 e. The normalized spacial score (nSPS) is 15.1. The van der Waals surface area contributed by atoms with Crippen molar-refractivity contribution in [1.82, 2.24) is 30.1 Å². The van der Waals surface area contributed by atoms with E-state index in [1.807, 2.05) is 59.4 Å². The minimum atomic E-state index is -0.298.